The summed E-state index contributed by atoms with van der Waals surface area (Å²) in [5, 5.41) is 6.75. The van der Waals surface area contributed by atoms with E-state index in [1.165, 1.54) is 44.3 Å². The van der Waals surface area contributed by atoms with Crippen molar-refractivity contribution in [3.8, 4) is 0 Å². The second kappa shape index (κ2) is 8.15. The Labute approximate surface area is 121 Å². The maximum atomic E-state index is 12.2. The molecule has 19 heavy (non-hydrogen) atoms. The van der Waals surface area contributed by atoms with E-state index in [4.69, 9.17) is 0 Å². The van der Waals surface area contributed by atoms with Gasteiger partial charge in [0.15, 0.2) is 0 Å². The Morgan fingerprint density at radius 2 is 2.32 bits per heavy atom. The topological polar surface area (TPSA) is 41.1 Å². The molecule has 2 aliphatic rings. The summed E-state index contributed by atoms with van der Waals surface area (Å²) in [6, 6.07) is 0.824. The third-order valence-electron chi connectivity index (χ3n) is 4.36. The Morgan fingerprint density at radius 1 is 1.47 bits per heavy atom. The minimum Gasteiger partial charge on any atom is -0.353 e. The predicted molar refractivity (Wildman–Crippen MR) is 82.5 cm³/mol. The van der Waals surface area contributed by atoms with Crippen LogP contribution in [0.15, 0.2) is 0 Å². The molecule has 1 heterocycles. The summed E-state index contributed by atoms with van der Waals surface area (Å²) in [7, 11) is 0. The minimum absolute atomic E-state index is 0.257. The van der Waals surface area contributed by atoms with Crippen molar-refractivity contribution in [2.75, 3.05) is 18.1 Å². The molecule has 1 saturated heterocycles. The Hall–Kier alpha value is -0.220. The zero-order chi connectivity index (χ0) is 13.5. The average Bonchev–Trinajstić information content (AvgIpc) is 2.35. The van der Waals surface area contributed by atoms with E-state index in [1.54, 1.807) is 0 Å². The van der Waals surface area contributed by atoms with Gasteiger partial charge in [-0.2, -0.15) is 11.8 Å². The minimum atomic E-state index is 0.257. The van der Waals surface area contributed by atoms with Gasteiger partial charge in [-0.05, 0) is 25.2 Å². The SMILES string of the molecule is CCCCC(NC(=O)CC1CSCCN1)C1CCC1. The first-order valence-corrected chi connectivity index (χ1v) is 9.05. The van der Waals surface area contributed by atoms with Crippen molar-refractivity contribution in [3.63, 3.8) is 0 Å². The highest BCUT2D eigenvalue weighted by Crippen LogP contribution is 2.31. The molecule has 2 rings (SSSR count). The molecular formula is C15H28N2OS. The fourth-order valence-corrected chi connectivity index (χ4v) is 3.88. The number of amides is 1. The summed E-state index contributed by atoms with van der Waals surface area (Å²) < 4.78 is 0. The molecule has 2 fully saturated rings. The van der Waals surface area contributed by atoms with Gasteiger partial charge in [-0.1, -0.05) is 26.2 Å². The second-order valence-electron chi connectivity index (χ2n) is 5.94. The molecule has 0 bridgehead atoms. The summed E-state index contributed by atoms with van der Waals surface area (Å²) in [6.45, 7) is 3.27. The Bertz CT molecular complexity index is 275. The first-order valence-electron chi connectivity index (χ1n) is 7.90. The molecule has 2 unspecified atom stereocenters. The molecule has 0 spiro atoms. The van der Waals surface area contributed by atoms with Crippen LogP contribution in [0.1, 0.15) is 51.9 Å². The summed E-state index contributed by atoms with van der Waals surface area (Å²) >= 11 is 1.96. The first kappa shape index (κ1) is 15.2. The number of unbranched alkanes of at least 4 members (excludes halogenated alkanes) is 1. The lowest BCUT2D eigenvalue weighted by Crippen LogP contribution is -2.46. The lowest BCUT2D eigenvalue weighted by Gasteiger charge is -2.35. The number of nitrogens with one attached hydrogen (secondary N) is 2. The van der Waals surface area contributed by atoms with Gasteiger partial charge in [0.1, 0.15) is 0 Å². The lowest BCUT2D eigenvalue weighted by atomic mass is 9.78. The number of thioether (sulfide) groups is 1. The van der Waals surface area contributed by atoms with Crippen molar-refractivity contribution in [1.82, 2.24) is 10.6 Å². The van der Waals surface area contributed by atoms with Gasteiger partial charge in [-0.3, -0.25) is 4.79 Å². The van der Waals surface area contributed by atoms with Crippen LogP contribution in [0, 0.1) is 5.92 Å². The van der Waals surface area contributed by atoms with Crippen LogP contribution in [0.2, 0.25) is 0 Å². The van der Waals surface area contributed by atoms with Crippen molar-refractivity contribution in [3.05, 3.63) is 0 Å². The van der Waals surface area contributed by atoms with Gasteiger partial charge >= 0.3 is 0 Å². The highest BCUT2D eigenvalue weighted by Gasteiger charge is 2.28. The Kier molecular flexibility index (Phi) is 6.51. The molecule has 1 amide bonds. The molecule has 1 aliphatic carbocycles. The molecule has 0 aromatic carbocycles. The standard InChI is InChI=1S/C15H28N2OS/c1-2-3-7-14(12-5-4-6-12)17-15(18)10-13-11-19-9-8-16-13/h12-14,16H,2-11H2,1H3,(H,17,18). The Morgan fingerprint density at radius 3 is 2.89 bits per heavy atom. The number of carbonyl (C=O) groups excluding carboxylic acids is 1. The molecule has 2 N–H and O–H groups in total. The van der Waals surface area contributed by atoms with Crippen LogP contribution < -0.4 is 10.6 Å². The molecule has 4 heteroatoms. The molecular weight excluding hydrogens is 256 g/mol. The third kappa shape index (κ3) is 4.99. The van der Waals surface area contributed by atoms with Crippen molar-refractivity contribution in [2.24, 2.45) is 5.92 Å². The molecule has 0 aromatic heterocycles. The maximum absolute atomic E-state index is 12.2. The highest BCUT2D eigenvalue weighted by atomic mass is 32.2. The van der Waals surface area contributed by atoms with E-state index in [0.717, 1.165) is 18.2 Å². The van der Waals surface area contributed by atoms with Gasteiger partial charge < -0.3 is 10.6 Å². The molecule has 1 aliphatic heterocycles. The van der Waals surface area contributed by atoms with E-state index in [-0.39, 0.29) is 5.91 Å². The average molecular weight is 284 g/mol. The molecule has 110 valence electrons. The van der Waals surface area contributed by atoms with Crippen molar-refractivity contribution >= 4 is 17.7 Å². The van der Waals surface area contributed by atoms with Gasteiger partial charge in [-0.15, -0.1) is 0 Å². The van der Waals surface area contributed by atoms with Crippen LogP contribution in [0.3, 0.4) is 0 Å². The fraction of sp³-hybridized carbons (Fsp3) is 0.933. The fourth-order valence-electron chi connectivity index (χ4n) is 2.93. The van der Waals surface area contributed by atoms with Crippen LogP contribution in [0.4, 0.5) is 0 Å². The summed E-state index contributed by atoms with van der Waals surface area (Å²) in [6.07, 6.45) is 8.25. The van der Waals surface area contributed by atoms with Crippen molar-refractivity contribution < 1.29 is 4.79 Å². The van der Waals surface area contributed by atoms with Crippen LogP contribution in [0.25, 0.3) is 0 Å². The summed E-state index contributed by atoms with van der Waals surface area (Å²) in [5.41, 5.74) is 0. The smallest absolute Gasteiger partial charge is 0.221 e. The van der Waals surface area contributed by atoms with E-state index in [1.807, 2.05) is 11.8 Å². The number of carbonyl (C=O) groups is 1. The largest absolute Gasteiger partial charge is 0.353 e. The zero-order valence-corrected chi connectivity index (χ0v) is 12.9. The number of hydrogen-bond donors (Lipinski definition) is 2. The number of rotatable bonds is 7. The van der Waals surface area contributed by atoms with E-state index in [9.17, 15) is 4.79 Å². The molecule has 2 atom stereocenters. The van der Waals surface area contributed by atoms with Crippen LogP contribution in [-0.4, -0.2) is 36.0 Å². The highest BCUT2D eigenvalue weighted by molar-refractivity contribution is 7.99. The molecule has 0 aromatic rings. The van der Waals surface area contributed by atoms with Crippen LogP contribution >= 0.6 is 11.8 Å². The quantitative estimate of drug-likeness (QED) is 0.755. The summed E-state index contributed by atoms with van der Waals surface area (Å²) in [5.74, 6) is 3.27. The second-order valence-corrected chi connectivity index (χ2v) is 7.09. The van der Waals surface area contributed by atoms with E-state index in [2.05, 4.69) is 17.6 Å². The molecule has 3 nitrogen and oxygen atoms in total. The maximum Gasteiger partial charge on any atom is 0.221 e. The van der Waals surface area contributed by atoms with Gasteiger partial charge in [0, 0.05) is 36.6 Å². The van der Waals surface area contributed by atoms with Gasteiger partial charge in [0.25, 0.3) is 0 Å². The van der Waals surface area contributed by atoms with Gasteiger partial charge in [0.05, 0.1) is 0 Å². The van der Waals surface area contributed by atoms with E-state index in [0.29, 0.717) is 18.5 Å². The third-order valence-corrected chi connectivity index (χ3v) is 5.50. The Balaban J connectivity index is 1.73. The monoisotopic (exact) mass is 284 g/mol. The van der Waals surface area contributed by atoms with Crippen molar-refractivity contribution in [2.45, 2.75) is 64.0 Å². The van der Waals surface area contributed by atoms with E-state index >= 15 is 0 Å². The zero-order valence-electron chi connectivity index (χ0n) is 12.1. The molecule has 0 radical (unpaired) electrons. The van der Waals surface area contributed by atoms with Gasteiger partial charge in [-0.25, -0.2) is 0 Å². The van der Waals surface area contributed by atoms with E-state index < -0.39 is 0 Å². The number of hydrogen-bond acceptors (Lipinski definition) is 3. The van der Waals surface area contributed by atoms with Crippen LogP contribution in [0.5, 0.6) is 0 Å². The predicted octanol–water partition coefficient (Wildman–Crippen LogP) is 2.56. The first-order chi connectivity index (χ1) is 9.29. The lowest BCUT2D eigenvalue weighted by molar-refractivity contribution is -0.122. The van der Waals surface area contributed by atoms with Gasteiger partial charge in [0.2, 0.25) is 5.91 Å². The summed E-state index contributed by atoms with van der Waals surface area (Å²) in [4.78, 5) is 12.2. The van der Waals surface area contributed by atoms with Crippen LogP contribution in [-0.2, 0) is 4.79 Å². The normalized spacial score (nSPS) is 25.6. The molecule has 1 saturated carbocycles. The van der Waals surface area contributed by atoms with Crippen molar-refractivity contribution in [1.29, 1.82) is 0 Å².